The summed E-state index contributed by atoms with van der Waals surface area (Å²) in [7, 11) is 0. The SMILES string of the molecule is c1cc(-c2ccc3sc4ccccc4c3c2)cc(N(c2ccc(-c3cccc4ccccc34)cc2)c2ccccc2-c2ccc3sc4ccccc4c3c2)c1. The summed E-state index contributed by atoms with van der Waals surface area (Å²) in [5.74, 6) is 0. The Morgan fingerprint density at radius 3 is 1.58 bits per heavy atom. The Bertz CT molecular complexity index is 3220. The van der Waals surface area contributed by atoms with E-state index in [2.05, 4.69) is 205 Å². The zero-order chi connectivity index (χ0) is 36.3. The number of nitrogens with zero attached hydrogens (tertiary/aromatic N) is 1. The fourth-order valence-corrected chi connectivity index (χ4v) is 10.4. The summed E-state index contributed by atoms with van der Waals surface area (Å²) in [5, 5.41) is 7.76. The molecule has 0 amide bonds. The lowest BCUT2D eigenvalue weighted by molar-refractivity contribution is 1.28. The highest BCUT2D eigenvalue weighted by Crippen LogP contribution is 2.45. The summed E-state index contributed by atoms with van der Waals surface area (Å²) in [6.07, 6.45) is 0. The van der Waals surface area contributed by atoms with Crippen LogP contribution in [0.5, 0.6) is 0 Å². The Kier molecular flexibility index (Phi) is 7.61. The Labute approximate surface area is 327 Å². The van der Waals surface area contributed by atoms with Crippen molar-refractivity contribution in [2.24, 2.45) is 0 Å². The maximum atomic E-state index is 2.43. The first kappa shape index (κ1) is 32.0. The summed E-state index contributed by atoms with van der Waals surface area (Å²) in [6, 6.07) is 73.6. The number of benzene rings is 9. The van der Waals surface area contributed by atoms with Crippen LogP contribution < -0.4 is 4.90 Å². The standard InChI is InChI=1S/C52H33NS2/c1-2-15-41-34(11-1)12-10-19-42(41)35-23-27-39(28-24-35)53(40-14-9-13-36(31-40)37-25-29-51-46(32-37)44-17-4-7-21-49(44)54-51)48-20-6-3-16-43(48)38-26-30-52-47(33-38)45-18-5-8-22-50(45)55-52/h1-33H. The molecule has 55 heavy (non-hydrogen) atoms. The van der Waals surface area contributed by atoms with Crippen LogP contribution in [0.15, 0.2) is 200 Å². The fourth-order valence-electron chi connectivity index (χ4n) is 8.23. The van der Waals surface area contributed by atoms with E-state index < -0.39 is 0 Å². The van der Waals surface area contributed by atoms with Crippen molar-refractivity contribution in [3.05, 3.63) is 200 Å². The number of hydrogen-bond donors (Lipinski definition) is 0. The summed E-state index contributed by atoms with van der Waals surface area (Å²) in [6.45, 7) is 0. The molecule has 1 nitrogen and oxygen atoms in total. The third-order valence-electron chi connectivity index (χ3n) is 10.9. The number of thiophene rings is 2. The Morgan fingerprint density at radius 2 is 0.818 bits per heavy atom. The second-order valence-electron chi connectivity index (χ2n) is 14.1. The molecule has 0 aliphatic rings. The quantitative estimate of drug-likeness (QED) is 0.164. The van der Waals surface area contributed by atoms with Gasteiger partial charge in [-0.1, -0.05) is 133 Å². The molecular weight excluding hydrogens is 703 g/mol. The van der Waals surface area contributed by atoms with Crippen molar-refractivity contribution in [1.82, 2.24) is 0 Å². The van der Waals surface area contributed by atoms with Gasteiger partial charge < -0.3 is 4.90 Å². The highest BCUT2D eigenvalue weighted by atomic mass is 32.1. The van der Waals surface area contributed by atoms with E-state index in [1.165, 1.54) is 84.5 Å². The molecule has 0 N–H and O–H groups in total. The van der Waals surface area contributed by atoms with Crippen LogP contribution in [0.1, 0.15) is 0 Å². The van der Waals surface area contributed by atoms with Gasteiger partial charge in [0.15, 0.2) is 0 Å². The highest BCUT2D eigenvalue weighted by molar-refractivity contribution is 7.26. The van der Waals surface area contributed by atoms with Crippen LogP contribution in [0.3, 0.4) is 0 Å². The average molecular weight is 736 g/mol. The van der Waals surface area contributed by atoms with Crippen molar-refractivity contribution in [2.75, 3.05) is 4.90 Å². The topological polar surface area (TPSA) is 3.24 Å². The predicted octanol–water partition coefficient (Wildman–Crippen LogP) is 16.0. The largest absolute Gasteiger partial charge is 0.310 e. The normalized spacial score (nSPS) is 11.6. The zero-order valence-corrected chi connectivity index (χ0v) is 31.4. The molecule has 3 heteroatoms. The van der Waals surface area contributed by atoms with Gasteiger partial charge in [-0.2, -0.15) is 0 Å². The minimum absolute atomic E-state index is 1.11. The second kappa shape index (κ2) is 13.1. The van der Waals surface area contributed by atoms with E-state index in [9.17, 15) is 0 Å². The molecule has 11 rings (SSSR count). The van der Waals surface area contributed by atoms with Crippen LogP contribution in [0, 0.1) is 0 Å². The van der Waals surface area contributed by atoms with E-state index in [4.69, 9.17) is 0 Å². The van der Waals surface area contributed by atoms with Gasteiger partial charge in [0.25, 0.3) is 0 Å². The minimum atomic E-state index is 1.11. The summed E-state index contributed by atoms with van der Waals surface area (Å²) in [5.41, 5.74) is 10.6. The molecule has 11 aromatic rings. The molecule has 0 atom stereocenters. The molecule has 0 saturated heterocycles. The van der Waals surface area contributed by atoms with Crippen molar-refractivity contribution >= 4 is 90.9 Å². The van der Waals surface area contributed by atoms with E-state index in [1.54, 1.807) is 0 Å². The molecule has 9 aromatic carbocycles. The van der Waals surface area contributed by atoms with Crippen molar-refractivity contribution in [3.63, 3.8) is 0 Å². The van der Waals surface area contributed by atoms with Gasteiger partial charge >= 0.3 is 0 Å². The first-order valence-corrected chi connectivity index (χ1v) is 20.3. The van der Waals surface area contributed by atoms with Gasteiger partial charge in [0.2, 0.25) is 0 Å². The molecule has 0 saturated carbocycles. The van der Waals surface area contributed by atoms with Crippen molar-refractivity contribution in [3.8, 4) is 33.4 Å². The average Bonchev–Trinajstić information content (AvgIpc) is 3.82. The Hall–Kier alpha value is -6.52. The van der Waals surface area contributed by atoms with Gasteiger partial charge in [-0.3, -0.25) is 0 Å². The van der Waals surface area contributed by atoms with Crippen molar-refractivity contribution < 1.29 is 0 Å². The van der Waals surface area contributed by atoms with Gasteiger partial charge in [-0.25, -0.2) is 0 Å². The molecule has 0 aliphatic heterocycles. The Balaban J connectivity index is 1.08. The van der Waals surface area contributed by atoms with E-state index >= 15 is 0 Å². The molecule has 0 spiro atoms. The summed E-state index contributed by atoms with van der Waals surface area (Å²) >= 11 is 3.72. The molecule has 258 valence electrons. The lowest BCUT2D eigenvalue weighted by Crippen LogP contribution is -2.11. The lowest BCUT2D eigenvalue weighted by Gasteiger charge is -2.28. The van der Waals surface area contributed by atoms with Crippen LogP contribution >= 0.6 is 22.7 Å². The molecule has 0 fully saturated rings. The number of para-hydroxylation sites is 1. The number of hydrogen-bond acceptors (Lipinski definition) is 3. The maximum absolute atomic E-state index is 2.43. The number of fused-ring (bicyclic) bond motifs is 7. The third-order valence-corrected chi connectivity index (χ3v) is 13.2. The van der Waals surface area contributed by atoms with Crippen molar-refractivity contribution in [1.29, 1.82) is 0 Å². The lowest BCUT2D eigenvalue weighted by atomic mass is 9.97. The number of rotatable bonds is 6. The highest BCUT2D eigenvalue weighted by Gasteiger charge is 2.19. The third kappa shape index (κ3) is 5.51. The molecule has 2 aromatic heterocycles. The molecule has 0 unspecified atom stereocenters. The first-order valence-electron chi connectivity index (χ1n) is 18.7. The van der Waals surface area contributed by atoms with Crippen LogP contribution in [0.25, 0.3) is 84.5 Å². The Morgan fingerprint density at radius 1 is 0.291 bits per heavy atom. The monoisotopic (exact) mass is 735 g/mol. The van der Waals surface area contributed by atoms with Gasteiger partial charge in [0.05, 0.1) is 5.69 Å². The molecule has 0 bridgehead atoms. The van der Waals surface area contributed by atoms with Gasteiger partial charge in [0, 0.05) is 57.3 Å². The molecular formula is C52H33NS2. The summed E-state index contributed by atoms with van der Waals surface area (Å²) in [4.78, 5) is 2.43. The van der Waals surface area contributed by atoms with Crippen LogP contribution in [-0.2, 0) is 0 Å². The smallest absolute Gasteiger partial charge is 0.0540 e. The van der Waals surface area contributed by atoms with E-state index in [1.807, 2.05) is 22.7 Å². The van der Waals surface area contributed by atoms with Gasteiger partial charge in [-0.15, -0.1) is 22.7 Å². The van der Waals surface area contributed by atoms with Crippen molar-refractivity contribution in [2.45, 2.75) is 0 Å². The van der Waals surface area contributed by atoms with Gasteiger partial charge in [0.1, 0.15) is 0 Å². The van der Waals surface area contributed by atoms with Crippen LogP contribution in [-0.4, -0.2) is 0 Å². The maximum Gasteiger partial charge on any atom is 0.0540 e. The van der Waals surface area contributed by atoms with E-state index in [0.29, 0.717) is 0 Å². The molecule has 0 radical (unpaired) electrons. The van der Waals surface area contributed by atoms with Gasteiger partial charge in [-0.05, 0) is 105 Å². The van der Waals surface area contributed by atoms with Crippen LogP contribution in [0.2, 0.25) is 0 Å². The minimum Gasteiger partial charge on any atom is -0.310 e. The number of anilines is 3. The van der Waals surface area contributed by atoms with Crippen LogP contribution in [0.4, 0.5) is 17.1 Å². The molecule has 2 heterocycles. The summed E-state index contributed by atoms with van der Waals surface area (Å²) < 4.78 is 5.28. The predicted molar refractivity (Wildman–Crippen MR) is 241 cm³/mol. The zero-order valence-electron chi connectivity index (χ0n) is 29.8. The second-order valence-corrected chi connectivity index (χ2v) is 16.3. The van der Waals surface area contributed by atoms with E-state index in [-0.39, 0.29) is 0 Å². The van der Waals surface area contributed by atoms with E-state index in [0.717, 1.165) is 17.1 Å². The first-order chi connectivity index (χ1) is 27.2. The molecule has 0 aliphatic carbocycles. The fraction of sp³-hybridized carbons (Fsp3) is 0.